The average molecular weight is 290 g/mol. The Kier molecular flexibility index (Phi) is 4.07. The third-order valence-electron chi connectivity index (χ3n) is 4.07. The van der Waals surface area contributed by atoms with E-state index in [4.69, 9.17) is 4.74 Å². The monoisotopic (exact) mass is 290 g/mol. The van der Waals surface area contributed by atoms with Crippen LogP contribution < -0.4 is 10.9 Å². The zero-order valence-electron chi connectivity index (χ0n) is 12.6. The molecule has 0 aromatic carbocycles. The van der Waals surface area contributed by atoms with Gasteiger partial charge in [-0.25, -0.2) is 4.52 Å². The van der Waals surface area contributed by atoms with Crippen LogP contribution in [0.3, 0.4) is 0 Å². The van der Waals surface area contributed by atoms with Crippen molar-refractivity contribution in [2.24, 2.45) is 0 Å². The first-order valence-electron chi connectivity index (χ1n) is 7.55. The van der Waals surface area contributed by atoms with Crippen molar-refractivity contribution < 1.29 is 4.74 Å². The number of nitrogens with zero attached hydrogens (tertiary/aromatic N) is 3. The average Bonchev–Trinajstić information content (AvgIpc) is 3.10. The lowest BCUT2D eigenvalue weighted by molar-refractivity contribution is 0.0835. The highest BCUT2D eigenvalue weighted by Gasteiger charge is 2.21. The van der Waals surface area contributed by atoms with Gasteiger partial charge in [-0.15, -0.1) is 0 Å². The van der Waals surface area contributed by atoms with Crippen LogP contribution in [0.1, 0.15) is 25.5 Å². The first-order chi connectivity index (χ1) is 10.1. The molecule has 1 saturated heterocycles. The van der Waals surface area contributed by atoms with E-state index in [1.807, 2.05) is 19.2 Å². The van der Waals surface area contributed by atoms with E-state index < -0.39 is 0 Å². The van der Waals surface area contributed by atoms with Gasteiger partial charge in [-0.1, -0.05) is 0 Å². The zero-order valence-corrected chi connectivity index (χ0v) is 12.6. The summed E-state index contributed by atoms with van der Waals surface area (Å²) >= 11 is 0. The van der Waals surface area contributed by atoms with Gasteiger partial charge in [0.15, 0.2) is 0 Å². The van der Waals surface area contributed by atoms with Gasteiger partial charge in [-0.2, -0.15) is 5.10 Å². The normalized spacial score (nSPS) is 20.2. The molecule has 2 aromatic rings. The smallest absolute Gasteiger partial charge is 0.276 e. The second-order valence-corrected chi connectivity index (χ2v) is 5.71. The molecule has 114 valence electrons. The SMILES string of the molecule is Cc1cc2c(=O)n(CCNC(C)C3CCCO3)ccn2n1. The molecule has 6 heteroatoms. The van der Waals surface area contributed by atoms with Gasteiger partial charge in [0.05, 0.1) is 11.8 Å². The minimum Gasteiger partial charge on any atom is -0.377 e. The lowest BCUT2D eigenvalue weighted by Gasteiger charge is -2.20. The molecule has 0 radical (unpaired) electrons. The van der Waals surface area contributed by atoms with Crippen LogP contribution in [0.4, 0.5) is 0 Å². The second-order valence-electron chi connectivity index (χ2n) is 5.71. The summed E-state index contributed by atoms with van der Waals surface area (Å²) in [6.07, 6.45) is 6.19. The van der Waals surface area contributed by atoms with Crippen molar-refractivity contribution in [3.8, 4) is 0 Å². The minimum atomic E-state index is 0.00432. The first kappa shape index (κ1) is 14.3. The number of aryl methyl sites for hydroxylation is 1. The minimum absolute atomic E-state index is 0.00432. The van der Waals surface area contributed by atoms with E-state index >= 15 is 0 Å². The lowest BCUT2D eigenvalue weighted by atomic mass is 10.1. The summed E-state index contributed by atoms with van der Waals surface area (Å²) in [6.45, 7) is 6.30. The number of hydrogen-bond acceptors (Lipinski definition) is 4. The topological polar surface area (TPSA) is 60.6 Å². The molecule has 2 unspecified atom stereocenters. The van der Waals surface area contributed by atoms with Gasteiger partial charge in [0.1, 0.15) is 5.52 Å². The summed E-state index contributed by atoms with van der Waals surface area (Å²) < 4.78 is 9.02. The number of aromatic nitrogens is 3. The Balaban J connectivity index is 1.62. The Morgan fingerprint density at radius 2 is 2.38 bits per heavy atom. The molecule has 1 aliphatic heterocycles. The molecule has 0 spiro atoms. The van der Waals surface area contributed by atoms with Gasteiger partial charge in [0.25, 0.3) is 5.56 Å². The molecule has 6 nitrogen and oxygen atoms in total. The van der Waals surface area contributed by atoms with Crippen LogP contribution in [0, 0.1) is 6.92 Å². The summed E-state index contributed by atoms with van der Waals surface area (Å²) in [6, 6.07) is 2.14. The molecule has 0 bridgehead atoms. The van der Waals surface area contributed by atoms with E-state index in [0.29, 0.717) is 24.2 Å². The van der Waals surface area contributed by atoms with Crippen LogP contribution >= 0.6 is 0 Å². The zero-order chi connectivity index (χ0) is 14.8. The molecular weight excluding hydrogens is 268 g/mol. The fourth-order valence-corrected chi connectivity index (χ4v) is 2.87. The fourth-order valence-electron chi connectivity index (χ4n) is 2.87. The van der Waals surface area contributed by atoms with Gasteiger partial charge in [-0.05, 0) is 32.8 Å². The summed E-state index contributed by atoms with van der Waals surface area (Å²) in [4.78, 5) is 12.3. The van der Waals surface area contributed by atoms with Gasteiger partial charge < -0.3 is 14.6 Å². The first-order valence-corrected chi connectivity index (χ1v) is 7.55. The molecule has 21 heavy (non-hydrogen) atoms. The highest BCUT2D eigenvalue weighted by molar-refractivity contribution is 5.44. The third-order valence-corrected chi connectivity index (χ3v) is 4.07. The van der Waals surface area contributed by atoms with E-state index in [1.54, 1.807) is 15.3 Å². The number of rotatable bonds is 5. The van der Waals surface area contributed by atoms with E-state index in [2.05, 4.69) is 17.3 Å². The van der Waals surface area contributed by atoms with Crippen molar-refractivity contribution in [2.75, 3.05) is 13.2 Å². The molecule has 2 aromatic heterocycles. The van der Waals surface area contributed by atoms with Crippen molar-refractivity contribution >= 4 is 5.52 Å². The van der Waals surface area contributed by atoms with Gasteiger partial charge in [0.2, 0.25) is 0 Å². The number of ether oxygens (including phenoxy) is 1. The van der Waals surface area contributed by atoms with Crippen molar-refractivity contribution in [3.63, 3.8) is 0 Å². The molecule has 1 aliphatic rings. The van der Waals surface area contributed by atoms with Crippen molar-refractivity contribution in [3.05, 3.63) is 34.5 Å². The predicted octanol–water partition coefficient (Wildman–Crippen LogP) is 0.962. The molecular formula is C15H22N4O2. The summed E-state index contributed by atoms with van der Waals surface area (Å²) in [5.74, 6) is 0. The van der Waals surface area contributed by atoms with Crippen LogP contribution in [0.2, 0.25) is 0 Å². The Bertz CT molecular complexity index is 670. The van der Waals surface area contributed by atoms with Crippen molar-refractivity contribution in [2.45, 2.75) is 45.4 Å². The van der Waals surface area contributed by atoms with Gasteiger partial charge in [0, 0.05) is 38.1 Å². The molecule has 0 amide bonds. The molecule has 0 aliphatic carbocycles. The third kappa shape index (κ3) is 3.01. The number of hydrogen-bond donors (Lipinski definition) is 1. The molecule has 3 heterocycles. The fraction of sp³-hybridized carbons (Fsp3) is 0.600. The maximum Gasteiger partial charge on any atom is 0.276 e. The van der Waals surface area contributed by atoms with Crippen LogP contribution in [0.15, 0.2) is 23.3 Å². The summed E-state index contributed by atoms with van der Waals surface area (Å²) in [5.41, 5.74) is 1.49. The van der Waals surface area contributed by atoms with Crippen LogP contribution in [0.5, 0.6) is 0 Å². The van der Waals surface area contributed by atoms with Crippen LogP contribution in [0.25, 0.3) is 5.52 Å². The molecule has 3 rings (SSSR count). The maximum absolute atomic E-state index is 12.3. The van der Waals surface area contributed by atoms with Crippen LogP contribution in [-0.2, 0) is 11.3 Å². The quantitative estimate of drug-likeness (QED) is 0.891. The maximum atomic E-state index is 12.3. The molecule has 1 fully saturated rings. The summed E-state index contributed by atoms with van der Waals surface area (Å²) in [5, 5.41) is 7.69. The predicted molar refractivity (Wildman–Crippen MR) is 80.6 cm³/mol. The Hall–Kier alpha value is -1.66. The molecule has 1 N–H and O–H groups in total. The lowest BCUT2D eigenvalue weighted by Crippen LogP contribution is -2.39. The van der Waals surface area contributed by atoms with Gasteiger partial charge in [-0.3, -0.25) is 4.79 Å². The number of fused-ring (bicyclic) bond motifs is 1. The van der Waals surface area contributed by atoms with E-state index in [0.717, 1.165) is 31.7 Å². The van der Waals surface area contributed by atoms with Crippen LogP contribution in [-0.4, -0.2) is 39.5 Å². The Labute approximate surface area is 123 Å². The molecule has 0 saturated carbocycles. The standard InChI is InChI=1S/C15H22N4O2/c1-11-10-13-15(20)18(7-8-19(13)17-11)6-5-16-12(2)14-4-3-9-21-14/h7-8,10,12,14,16H,3-6,9H2,1-2H3. The Morgan fingerprint density at radius 1 is 1.52 bits per heavy atom. The van der Waals surface area contributed by atoms with E-state index in [9.17, 15) is 4.79 Å². The highest BCUT2D eigenvalue weighted by Crippen LogP contribution is 2.15. The number of nitrogens with one attached hydrogen (secondary N) is 1. The Morgan fingerprint density at radius 3 is 3.14 bits per heavy atom. The largest absolute Gasteiger partial charge is 0.377 e. The second kappa shape index (κ2) is 5.99. The van der Waals surface area contributed by atoms with Gasteiger partial charge >= 0.3 is 0 Å². The van der Waals surface area contributed by atoms with Crippen molar-refractivity contribution in [1.29, 1.82) is 0 Å². The van der Waals surface area contributed by atoms with E-state index in [1.165, 1.54) is 0 Å². The van der Waals surface area contributed by atoms with Crippen molar-refractivity contribution in [1.82, 2.24) is 19.5 Å². The van der Waals surface area contributed by atoms with E-state index in [-0.39, 0.29) is 5.56 Å². The molecule has 2 atom stereocenters. The highest BCUT2D eigenvalue weighted by atomic mass is 16.5. The summed E-state index contributed by atoms with van der Waals surface area (Å²) in [7, 11) is 0.